The Balaban J connectivity index is 0.00000256. The Morgan fingerprint density at radius 2 is 1.94 bits per heavy atom. The number of isocyanates is 2. The topological polar surface area (TPSA) is 58.9 Å². The van der Waals surface area contributed by atoms with Crippen LogP contribution in [0.4, 0.5) is 0 Å². The molecule has 0 heterocycles. The van der Waals surface area contributed by atoms with E-state index in [1.54, 1.807) is 12.2 Å². The molecule has 90 valence electrons. The van der Waals surface area contributed by atoms with E-state index in [0.717, 1.165) is 19.3 Å². The molecular weight excluding hydrogens is 204 g/mol. The molecule has 0 aromatic rings. The van der Waals surface area contributed by atoms with Gasteiger partial charge in [0.25, 0.3) is 0 Å². The van der Waals surface area contributed by atoms with E-state index >= 15 is 0 Å². The summed E-state index contributed by atoms with van der Waals surface area (Å²) < 4.78 is 0. The third-order valence-corrected chi connectivity index (χ3v) is 3.18. The molecule has 4 nitrogen and oxygen atoms in total. The molecule has 2 atom stereocenters. The lowest BCUT2D eigenvalue weighted by Crippen LogP contribution is -2.39. The molecule has 0 spiro atoms. The standard InChI is InChI=1S/C12H18N2O2.H2/c1-11(2)4-10(14-9-16)5-12(3,6-11)7-13-8-15;/h10H,4-7H2,1-3H3;1H. The van der Waals surface area contributed by atoms with Crippen LogP contribution in [0.2, 0.25) is 0 Å². The van der Waals surface area contributed by atoms with Crippen LogP contribution in [-0.4, -0.2) is 24.7 Å². The third-order valence-electron chi connectivity index (χ3n) is 3.18. The van der Waals surface area contributed by atoms with Crippen LogP contribution < -0.4 is 0 Å². The van der Waals surface area contributed by atoms with E-state index in [4.69, 9.17) is 0 Å². The van der Waals surface area contributed by atoms with Gasteiger partial charge in [0.1, 0.15) is 0 Å². The molecule has 2 unspecified atom stereocenters. The van der Waals surface area contributed by atoms with E-state index in [0.29, 0.717) is 6.54 Å². The van der Waals surface area contributed by atoms with E-state index in [1.807, 2.05) is 0 Å². The second-order valence-electron chi connectivity index (χ2n) is 5.84. The molecule has 0 aliphatic heterocycles. The van der Waals surface area contributed by atoms with E-state index in [1.165, 1.54) is 0 Å². The first kappa shape index (κ1) is 12.8. The predicted octanol–water partition coefficient (Wildman–Crippen LogP) is 2.49. The average molecular weight is 224 g/mol. The van der Waals surface area contributed by atoms with E-state index in [-0.39, 0.29) is 18.3 Å². The summed E-state index contributed by atoms with van der Waals surface area (Å²) in [7, 11) is 0. The van der Waals surface area contributed by atoms with Crippen LogP contribution in [-0.2, 0) is 9.59 Å². The second-order valence-corrected chi connectivity index (χ2v) is 5.84. The van der Waals surface area contributed by atoms with Crippen LogP contribution in [0.15, 0.2) is 9.98 Å². The van der Waals surface area contributed by atoms with Gasteiger partial charge in [-0.15, -0.1) is 0 Å². The highest BCUT2D eigenvalue weighted by Crippen LogP contribution is 2.47. The van der Waals surface area contributed by atoms with Gasteiger partial charge in [-0.1, -0.05) is 20.8 Å². The highest BCUT2D eigenvalue weighted by molar-refractivity contribution is 5.34. The minimum absolute atomic E-state index is 0. The van der Waals surface area contributed by atoms with Crippen LogP contribution in [0.25, 0.3) is 0 Å². The fraction of sp³-hybridized carbons (Fsp3) is 0.833. The largest absolute Gasteiger partial charge is 0.235 e. The molecule has 0 aromatic carbocycles. The van der Waals surface area contributed by atoms with Crippen molar-refractivity contribution < 1.29 is 11.0 Å². The average Bonchev–Trinajstić information content (AvgIpc) is 2.12. The first-order valence-corrected chi connectivity index (χ1v) is 5.51. The Hall–Kier alpha value is -1.24. The Morgan fingerprint density at radius 1 is 1.25 bits per heavy atom. The summed E-state index contributed by atoms with van der Waals surface area (Å²) in [6, 6.07) is 0.00750. The normalized spacial score (nSPS) is 32.3. The lowest BCUT2D eigenvalue weighted by molar-refractivity contribution is 0.0915. The van der Waals surface area contributed by atoms with Crippen LogP contribution in [0, 0.1) is 10.8 Å². The molecule has 0 N–H and O–H groups in total. The van der Waals surface area contributed by atoms with E-state index in [2.05, 4.69) is 30.8 Å². The summed E-state index contributed by atoms with van der Waals surface area (Å²) in [4.78, 5) is 28.0. The van der Waals surface area contributed by atoms with Crippen molar-refractivity contribution in [2.45, 2.75) is 46.1 Å². The van der Waals surface area contributed by atoms with Gasteiger partial charge < -0.3 is 0 Å². The van der Waals surface area contributed by atoms with Gasteiger partial charge in [0.15, 0.2) is 0 Å². The molecule has 0 saturated heterocycles. The Kier molecular flexibility index (Phi) is 3.79. The molecule has 1 fully saturated rings. The number of hydrogen-bond acceptors (Lipinski definition) is 4. The van der Waals surface area contributed by atoms with Crippen molar-refractivity contribution in [2.24, 2.45) is 20.8 Å². The van der Waals surface area contributed by atoms with Gasteiger partial charge >= 0.3 is 0 Å². The summed E-state index contributed by atoms with van der Waals surface area (Å²) in [5, 5.41) is 0. The molecule has 0 amide bonds. The number of nitrogens with zero attached hydrogens (tertiary/aromatic N) is 2. The summed E-state index contributed by atoms with van der Waals surface area (Å²) in [6.07, 6.45) is 5.88. The lowest BCUT2D eigenvalue weighted by Gasteiger charge is -2.44. The molecule has 4 heteroatoms. The zero-order valence-corrected chi connectivity index (χ0v) is 10.1. The maximum Gasteiger partial charge on any atom is 0.235 e. The van der Waals surface area contributed by atoms with Gasteiger partial charge in [0, 0.05) is 1.43 Å². The summed E-state index contributed by atoms with van der Waals surface area (Å²) in [6.45, 7) is 6.86. The van der Waals surface area contributed by atoms with Crippen molar-refractivity contribution in [3.8, 4) is 0 Å². The van der Waals surface area contributed by atoms with Crippen molar-refractivity contribution >= 4 is 12.2 Å². The predicted molar refractivity (Wildman–Crippen MR) is 62.8 cm³/mol. The molecular formula is C12H20N2O2. The minimum atomic E-state index is -0.0653. The van der Waals surface area contributed by atoms with Crippen molar-refractivity contribution in [1.82, 2.24) is 0 Å². The Bertz CT molecular complexity index is 358. The quantitative estimate of drug-likeness (QED) is 0.546. The van der Waals surface area contributed by atoms with Gasteiger partial charge in [-0.25, -0.2) is 19.6 Å². The molecule has 0 bridgehead atoms. The van der Waals surface area contributed by atoms with Crippen LogP contribution in [0.3, 0.4) is 0 Å². The fourth-order valence-corrected chi connectivity index (χ4v) is 3.09. The fourth-order valence-electron chi connectivity index (χ4n) is 3.09. The number of carbonyl (C=O) groups excluding carboxylic acids is 2. The first-order chi connectivity index (χ1) is 7.41. The Morgan fingerprint density at radius 3 is 2.50 bits per heavy atom. The number of rotatable bonds is 3. The van der Waals surface area contributed by atoms with Crippen molar-refractivity contribution in [3.63, 3.8) is 0 Å². The number of aliphatic imine (C=N–C) groups is 2. The molecule has 0 aromatic heterocycles. The van der Waals surface area contributed by atoms with Crippen LogP contribution in [0.1, 0.15) is 41.5 Å². The van der Waals surface area contributed by atoms with Gasteiger partial charge in [-0.2, -0.15) is 0 Å². The van der Waals surface area contributed by atoms with Gasteiger partial charge in [-0.05, 0) is 30.1 Å². The smallest absolute Gasteiger partial charge is 0.211 e. The van der Waals surface area contributed by atoms with Crippen molar-refractivity contribution in [1.29, 1.82) is 0 Å². The SMILES string of the molecule is CC1(C)CC(N=C=O)CC(C)(CN=C=O)C1.[HH]. The summed E-state index contributed by atoms with van der Waals surface area (Å²) >= 11 is 0. The van der Waals surface area contributed by atoms with Crippen LogP contribution >= 0.6 is 0 Å². The van der Waals surface area contributed by atoms with E-state index < -0.39 is 0 Å². The highest BCUT2D eigenvalue weighted by Gasteiger charge is 2.41. The zero-order valence-electron chi connectivity index (χ0n) is 10.1. The summed E-state index contributed by atoms with van der Waals surface area (Å²) in [5.41, 5.74) is 0.0561. The molecule has 1 aliphatic rings. The second kappa shape index (κ2) is 4.73. The molecule has 1 aliphatic carbocycles. The molecule has 1 saturated carbocycles. The lowest BCUT2D eigenvalue weighted by atomic mass is 9.63. The van der Waals surface area contributed by atoms with Crippen molar-refractivity contribution in [2.75, 3.05) is 6.54 Å². The Labute approximate surface area is 97.3 Å². The van der Waals surface area contributed by atoms with Gasteiger partial charge in [0.2, 0.25) is 12.2 Å². The third kappa shape index (κ3) is 3.41. The first-order valence-electron chi connectivity index (χ1n) is 5.51. The van der Waals surface area contributed by atoms with Crippen LogP contribution in [0.5, 0.6) is 0 Å². The minimum Gasteiger partial charge on any atom is -0.211 e. The molecule has 16 heavy (non-hydrogen) atoms. The maximum atomic E-state index is 10.3. The molecule has 1 rings (SSSR count). The van der Waals surface area contributed by atoms with E-state index in [9.17, 15) is 9.59 Å². The zero-order chi connectivity index (χ0) is 12.2. The van der Waals surface area contributed by atoms with Gasteiger partial charge in [0.05, 0.1) is 12.6 Å². The monoisotopic (exact) mass is 224 g/mol. The van der Waals surface area contributed by atoms with Gasteiger partial charge in [-0.3, -0.25) is 0 Å². The molecule has 0 radical (unpaired) electrons. The number of hydrogen-bond donors (Lipinski definition) is 0. The maximum absolute atomic E-state index is 10.3. The summed E-state index contributed by atoms with van der Waals surface area (Å²) in [5.74, 6) is 0. The van der Waals surface area contributed by atoms with Crippen molar-refractivity contribution in [3.05, 3.63) is 0 Å². The highest BCUT2D eigenvalue weighted by atomic mass is 16.1.